The van der Waals surface area contributed by atoms with E-state index in [-0.39, 0.29) is 30.2 Å². The van der Waals surface area contributed by atoms with E-state index in [1.807, 2.05) is 36.1 Å². The number of aryl methyl sites for hydroxylation is 1. The maximum atomic E-state index is 13.4. The Kier molecular flexibility index (Phi) is 5.23. The molecule has 0 unspecified atom stereocenters. The number of nitrogens with zero attached hydrogens (tertiary/aromatic N) is 3. The molecule has 3 aliphatic heterocycles. The number of amides is 3. The maximum Gasteiger partial charge on any atom is 0.260 e. The lowest BCUT2D eigenvalue weighted by Crippen LogP contribution is -2.49. The molecule has 3 heterocycles. The van der Waals surface area contributed by atoms with Gasteiger partial charge in [-0.2, -0.15) is 0 Å². The molecule has 0 N–H and O–H groups in total. The monoisotopic (exact) mass is 399 g/mol. The van der Waals surface area contributed by atoms with Crippen molar-refractivity contribution in [3.63, 3.8) is 0 Å². The van der Waals surface area contributed by atoms with Gasteiger partial charge in [0.2, 0.25) is 11.8 Å². The molecule has 0 radical (unpaired) electrons. The molecule has 7 nitrogen and oxygen atoms in total. The van der Waals surface area contributed by atoms with Crippen LogP contribution in [-0.4, -0.2) is 78.3 Å². The summed E-state index contributed by atoms with van der Waals surface area (Å²) in [6.45, 7) is 6.85. The van der Waals surface area contributed by atoms with E-state index in [4.69, 9.17) is 4.74 Å². The van der Waals surface area contributed by atoms with E-state index in [0.29, 0.717) is 31.9 Å². The van der Waals surface area contributed by atoms with Crippen molar-refractivity contribution in [3.8, 4) is 5.75 Å². The molecule has 0 spiro atoms. The Labute approximate surface area is 171 Å². The number of ether oxygens (including phenoxy) is 1. The van der Waals surface area contributed by atoms with Crippen LogP contribution in [0, 0.1) is 18.3 Å². The fourth-order valence-corrected chi connectivity index (χ4v) is 4.97. The van der Waals surface area contributed by atoms with E-state index in [1.54, 1.807) is 16.7 Å². The maximum absolute atomic E-state index is 13.4. The van der Waals surface area contributed by atoms with Crippen LogP contribution in [0.15, 0.2) is 24.3 Å². The van der Waals surface area contributed by atoms with Crippen molar-refractivity contribution >= 4 is 17.7 Å². The van der Waals surface area contributed by atoms with Gasteiger partial charge in [-0.3, -0.25) is 14.4 Å². The smallest absolute Gasteiger partial charge is 0.260 e. The number of carbonyl (C=O) groups is 3. The highest BCUT2D eigenvalue weighted by Gasteiger charge is 2.59. The molecule has 1 aromatic carbocycles. The molecule has 3 saturated heterocycles. The molecule has 3 amide bonds. The summed E-state index contributed by atoms with van der Waals surface area (Å²) < 4.78 is 5.68. The molecule has 0 bridgehead atoms. The number of benzene rings is 1. The van der Waals surface area contributed by atoms with Gasteiger partial charge in [0.1, 0.15) is 5.75 Å². The number of fused-ring (bicyclic) bond motifs is 1. The highest BCUT2D eigenvalue weighted by atomic mass is 16.5. The van der Waals surface area contributed by atoms with Gasteiger partial charge in [0.05, 0.1) is 5.41 Å². The van der Waals surface area contributed by atoms with Crippen molar-refractivity contribution in [1.29, 1.82) is 0 Å². The summed E-state index contributed by atoms with van der Waals surface area (Å²) in [7, 11) is 0. The minimum absolute atomic E-state index is 0.00588. The summed E-state index contributed by atoms with van der Waals surface area (Å²) in [6.07, 6.45) is 2.05. The van der Waals surface area contributed by atoms with E-state index >= 15 is 0 Å². The molecule has 29 heavy (non-hydrogen) atoms. The lowest BCUT2D eigenvalue weighted by Gasteiger charge is -2.32. The van der Waals surface area contributed by atoms with Gasteiger partial charge in [-0.1, -0.05) is 12.1 Å². The fraction of sp³-hybridized carbons (Fsp3) is 0.591. The molecule has 156 valence electrons. The van der Waals surface area contributed by atoms with Gasteiger partial charge in [-0.15, -0.1) is 0 Å². The van der Waals surface area contributed by atoms with E-state index in [2.05, 4.69) is 0 Å². The number of likely N-dealkylation sites (tertiary alicyclic amines) is 3. The van der Waals surface area contributed by atoms with E-state index in [9.17, 15) is 14.4 Å². The van der Waals surface area contributed by atoms with E-state index in [1.165, 1.54) is 0 Å². The summed E-state index contributed by atoms with van der Waals surface area (Å²) in [5, 5.41) is 0. The van der Waals surface area contributed by atoms with Crippen LogP contribution in [0.1, 0.15) is 25.3 Å². The average Bonchev–Trinajstić information content (AvgIpc) is 3.40. The predicted octanol–water partition coefficient (Wildman–Crippen LogP) is 1.30. The molecular weight excluding hydrogens is 370 g/mol. The highest BCUT2D eigenvalue weighted by Crippen LogP contribution is 2.44. The second-order valence-corrected chi connectivity index (χ2v) is 8.63. The summed E-state index contributed by atoms with van der Waals surface area (Å²) in [4.78, 5) is 43.7. The molecule has 1 aromatic rings. The second kappa shape index (κ2) is 7.69. The van der Waals surface area contributed by atoms with Crippen LogP contribution in [0.25, 0.3) is 0 Å². The first-order valence-electron chi connectivity index (χ1n) is 10.4. The zero-order chi connectivity index (χ0) is 20.6. The van der Waals surface area contributed by atoms with Crippen LogP contribution in [0.5, 0.6) is 5.75 Å². The van der Waals surface area contributed by atoms with Crippen LogP contribution < -0.4 is 4.74 Å². The van der Waals surface area contributed by atoms with Gasteiger partial charge in [0, 0.05) is 52.1 Å². The van der Waals surface area contributed by atoms with Crippen molar-refractivity contribution < 1.29 is 19.1 Å². The third-order valence-corrected chi connectivity index (χ3v) is 6.58. The van der Waals surface area contributed by atoms with Gasteiger partial charge in [-0.25, -0.2) is 0 Å². The summed E-state index contributed by atoms with van der Waals surface area (Å²) in [5.41, 5.74) is 0.403. The third-order valence-electron chi connectivity index (χ3n) is 6.58. The van der Waals surface area contributed by atoms with E-state index < -0.39 is 5.41 Å². The van der Waals surface area contributed by atoms with Crippen LogP contribution in [0.3, 0.4) is 0 Å². The Morgan fingerprint density at radius 3 is 2.45 bits per heavy atom. The van der Waals surface area contributed by atoms with Crippen LogP contribution in [-0.2, 0) is 14.4 Å². The molecule has 0 aliphatic carbocycles. The van der Waals surface area contributed by atoms with Gasteiger partial charge in [0.25, 0.3) is 5.91 Å². The van der Waals surface area contributed by atoms with Crippen molar-refractivity contribution in [1.82, 2.24) is 14.7 Å². The Hall–Kier alpha value is -2.57. The van der Waals surface area contributed by atoms with Gasteiger partial charge in [-0.05, 0) is 37.5 Å². The quantitative estimate of drug-likeness (QED) is 0.765. The molecule has 7 heteroatoms. The Morgan fingerprint density at radius 2 is 1.76 bits per heavy atom. The van der Waals surface area contributed by atoms with Gasteiger partial charge in [0.15, 0.2) is 6.61 Å². The van der Waals surface area contributed by atoms with Crippen molar-refractivity contribution in [2.24, 2.45) is 11.3 Å². The largest absolute Gasteiger partial charge is 0.484 e. The van der Waals surface area contributed by atoms with Gasteiger partial charge >= 0.3 is 0 Å². The zero-order valence-corrected chi connectivity index (χ0v) is 17.2. The summed E-state index contributed by atoms with van der Waals surface area (Å²) in [6, 6.07) is 7.61. The Morgan fingerprint density at radius 1 is 1.07 bits per heavy atom. The summed E-state index contributed by atoms with van der Waals surface area (Å²) in [5.74, 6) is 0.655. The zero-order valence-electron chi connectivity index (χ0n) is 17.2. The second-order valence-electron chi connectivity index (χ2n) is 8.63. The number of hydrogen-bond donors (Lipinski definition) is 0. The molecule has 4 rings (SSSR count). The number of hydrogen-bond acceptors (Lipinski definition) is 4. The number of carbonyl (C=O) groups excluding carboxylic acids is 3. The molecule has 0 aromatic heterocycles. The molecular formula is C22H29N3O4. The molecule has 2 atom stereocenters. The SMILES string of the molecule is CC(=O)N1C[C@H]2CN(C(=O)COc3cccc(C)c3)C[C@@]2(C(=O)N2CCCC2)C1. The van der Waals surface area contributed by atoms with Gasteiger partial charge < -0.3 is 19.4 Å². The van der Waals surface area contributed by atoms with Crippen LogP contribution in [0.4, 0.5) is 0 Å². The first-order chi connectivity index (χ1) is 13.9. The van der Waals surface area contributed by atoms with Crippen molar-refractivity contribution in [2.45, 2.75) is 26.7 Å². The molecule has 3 aliphatic rings. The lowest BCUT2D eigenvalue weighted by atomic mass is 9.79. The molecule has 3 fully saturated rings. The normalized spacial score (nSPS) is 26.0. The topological polar surface area (TPSA) is 70.2 Å². The van der Waals surface area contributed by atoms with Crippen molar-refractivity contribution in [3.05, 3.63) is 29.8 Å². The predicted molar refractivity (Wildman–Crippen MR) is 107 cm³/mol. The highest BCUT2D eigenvalue weighted by molar-refractivity contribution is 5.88. The Bertz CT molecular complexity index is 820. The third kappa shape index (κ3) is 3.70. The first kappa shape index (κ1) is 19.7. The average molecular weight is 399 g/mol. The number of rotatable bonds is 4. The van der Waals surface area contributed by atoms with Crippen LogP contribution in [0.2, 0.25) is 0 Å². The minimum atomic E-state index is -0.672. The van der Waals surface area contributed by atoms with Crippen LogP contribution >= 0.6 is 0 Å². The summed E-state index contributed by atoms with van der Waals surface area (Å²) >= 11 is 0. The molecule has 0 saturated carbocycles. The first-order valence-corrected chi connectivity index (χ1v) is 10.4. The fourth-order valence-electron chi connectivity index (χ4n) is 4.97. The lowest BCUT2D eigenvalue weighted by molar-refractivity contribution is -0.142. The Balaban J connectivity index is 1.46. The van der Waals surface area contributed by atoms with E-state index in [0.717, 1.165) is 31.5 Å². The standard InChI is InChI=1S/C22H29N3O4/c1-16-6-5-7-19(10-16)29-13-20(27)25-12-18-11-24(17(2)26)14-22(18,15-25)21(28)23-8-3-4-9-23/h5-7,10,18H,3-4,8-9,11-15H2,1-2H3/t18-,22-/m0/s1. The van der Waals surface area contributed by atoms with Crippen molar-refractivity contribution in [2.75, 3.05) is 45.9 Å². The minimum Gasteiger partial charge on any atom is -0.484 e.